The van der Waals surface area contributed by atoms with E-state index in [4.69, 9.17) is 0 Å². The summed E-state index contributed by atoms with van der Waals surface area (Å²) in [5.41, 5.74) is 3.44. The molecule has 1 amide bonds. The smallest absolute Gasteiger partial charge is 0.255 e. The molecule has 0 saturated carbocycles. The molecule has 0 spiro atoms. The Bertz CT molecular complexity index is 567. The number of hydrogen-bond acceptors (Lipinski definition) is 3. The zero-order chi connectivity index (χ0) is 13.7. The number of amides is 1. The Morgan fingerprint density at radius 3 is 2.84 bits per heavy atom. The Balaban J connectivity index is 2.21. The third kappa shape index (κ3) is 3.39. The lowest BCUT2D eigenvalue weighted by molar-refractivity contribution is 0.102. The lowest BCUT2D eigenvalue weighted by Crippen LogP contribution is -2.14. The molecule has 2 N–H and O–H groups in total. The Labute approximate surface area is 112 Å². The molecule has 1 aromatic heterocycles. The number of hydrogen-bond donors (Lipinski definition) is 2. The van der Waals surface area contributed by atoms with E-state index in [-0.39, 0.29) is 5.91 Å². The monoisotopic (exact) mass is 255 g/mol. The number of benzene rings is 1. The molecular formula is C15H17N3O. The summed E-state index contributed by atoms with van der Waals surface area (Å²) in [5.74, 6) is -0.108. The predicted molar refractivity (Wildman–Crippen MR) is 76.1 cm³/mol. The summed E-state index contributed by atoms with van der Waals surface area (Å²) in [4.78, 5) is 16.2. The molecule has 4 heteroatoms. The van der Waals surface area contributed by atoms with Crippen LogP contribution in [-0.4, -0.2) is 17.9 Å². The van der Waals surface area contributed by atoms with Gasteiger partial charge in [-0.25, -0.2) is 0 Å². The Morgan fingerprint density at radius 2 is 2.16 bits per heavy atom. The van der Waals surface area contributed by atoms with E-state index in [2.05, 4.69) is 15.6 Å². The van der Waals surface area contributed by atoms with Crippen LogP contribution in [0.4, 0.5) is 5.69 Å². The minimum atomic E-state index is -0.108. The second-order valence-corrected chi connectivity index (χ2v) is 4.38. The Hall–Kier alpha value is -2.20. The third-order valence-corrected chi connectivity index (χ3v) is 2.85. The van der Waals surface area contributed by atoms with Crippen molar-refractivity contribution in [1.29, 1.82) is 0 Å². The van der Waals surface area contributed by atoms with E-state index in [9.17, 15) is 4.79 Å². The highest BCUT2D eigenvalue weighted by Crippen LogP contribution is 2.14. The van der Waals surface area contributed by atoms with Crippen LogP contribution in [0.15, 0.2) is 42.7 Å². The van der Waals surface area contributed by atoms with Gasteiger partial charge in [-0.15, -0.1) is 0 Å². The van der Waals surface area contributed by atoms with Crippen molar-refractivity contribution in [2.45, 2.75) is 13.5 Å². The molecule has 2 aromatic rings. The first-order chi connectivity index (χ1) is 9.20. The molecule has 0 aliphatic rings. The molecule has 98 valence electrons. The van der Waals surface area contributed by atoms with Gasteiger partial charge in [-0.2, -0.15) is 0 Å². The second-order valence-electron chi connectivity index (χ2n) is 4.38. The molecular weight excluding hydrogens is 238 g/mol. The van der Waals surface area contributed by atoms with Crippen molar-refractivity contribution >= 4 is 11.6 Å². The van der Waals surface area contributed by atoms with Crippen molar-refractivity contribution in [3.05, 3.63) is 59.4 Å². The van der Waals surface area contributed by atoms with Crippen molar-refractivity contribution in [3.8, 4) is 0 Å². The number of anilines is 1. The van der Waals surface area contributed by atoms with Gasteiger partial charge in [0, 0.05) is 18.3 Å². The van der Waals surface area contributed by atoms with Crippen molar-refractivity contribution in [2.75, 3.05) is 12.4 Å². The van der Waals surface area contributed by atoms with Gasteiger partial charge in [-0.3, -0.25) is 9.78 Å². The molecule has 0 saturated heterocycles. The standard InChI is InChI=1S/C15H17N3O/c1-11-5-6-12(9-16-2)8-14(11)15(19)18-13-4-3-7-17-10-13/h3-8,10,16H,9H2,1-2H3,(H,18,19). The topological polar surface area (TPSA) is 54.0 Å². The molecule has 19 heavy (non-hydrogen) atoms. The summed E-state index contributed by atoms with van der Waals surface area (Å²) in [5, 5.41) is 5.92. The zero-order valence-corrected chi connectivity index (χ0v) is 11.1. The fourth-order valence-corrected chi connectivity index (χ4v) is 1.86. The number of nitrogens with one attached hydrogen (secondary N) is 2. The molecule has 0 bridgehead atoms. The van der Waals surface area contributed by atoms with Crippen molar-refractivity contribution < 1.29 is 4.79 Å². The molecule has 1 aromatic carbocycles. The van der Waals surface area contributed by atoms with E-state index in [1.165, 1.54) is 0 Å². The normalized spacial score (nSPS) is 10.2. The van der Waals surface area contributed by atoms with Crippen LogP contribution < -0.4 is 10.6 Å². The van der Waals surface area contributed by atoms with Gasteiger partial charge in [0.2, 0.25) is 0 Å². The summed E-state index contributed by atoms with van der Waals surface area (Å²) < 4.78 is 0. The molecule has 1 heterocycles. The quantitative estimate of drug-likeness (QED) is 0.881. The molecule has 0 aliphatic heterocycles. The highest BCUT2D eigenvalue weighted by molar-refractivity contribution is 6.05. The molecule has 2 rings (SSSR count). The van der Waals surface area contributed by atoms with Gasteiger partial charge < -0.3 is 10.6 Å². The van der Waals surface area contributed by atoms with Crippen LogP contribution in [0.1, 0.15) is 21.5 Å². The fraction of sp³-hybridized carbons (Fsp3) is 0.200. The molecule has 4 nitrogen and oxygen atoms in total. The van der Waals surface area contributed by atoms with Gasteiger partial charge in [0.15, 0.2) is 0 Å². The number of nitrogens with zero attached hydrogens (tertiary/aromatic N) is 1. The van der Waals surface area contributed by atoms with E-state index in [1.807, 2.05) is 38.2 Å². The van der Waals surface area contributed by atoms with E-state index in [1.54, 1.807) is 18.5 Å². The molecule has 0 radical (unpaired) electrons. The maximum Gasteiger partial charge on any atom is 0.255 e. The first kappa shape index (κ1) is 13.2. The summed E-state index contributed by atoms with van der Waals surface area (Å²) in [6.45, 7) is 2.68. The first-order valence-electron chi connectivity index (χ1n) is 6.16. The SMILES string of the molecule is CNCc1ccc(C)c(C(=O)Nc2cccnc2)c1. The molecule has 0 aliphatic carbocycles. The van der Waals surface area contributed by atoms with Gasteiger partial charge in [0.05, 0.1) is 11.9 Å². The molecule has 0 atom stereocenters. The summed E-state index contributed by atoms with van der Waals surface area (Å²) in [6, 6.07) is 9.51. The van der Waals surface area contributed by atoms with Gasteiger partial charge in [0.1, 0.15) is 0 Å². The highest BCUT2D eigenvalue weighted by atomic mass is 16.1. The zero-order valence-electron chi connectivity index (χ0n) is 11.1. The van der Waals surface area contributed by atoms with Gasteiger partial charge in [-0.1, -0.05) is 12.1 Å². The lowest BCUT2D eigenvalue weighted by atomic mass is 10.0. The van der Waals surface area contributed by atoms with Crippen LogP contribution in [0.5, 0.6) is 0 Å². The van der Waals surface area contributed by atoms with Crippen LogP contribution in [-0.2, 0) is 6.54 Å². The first-order valence-corrected chi connectivity index (χ1v) is 6.16. The number of rotatable bonds is 4. The highest BCUT2D eigenvalue weighted by Gasteiger charge is 2.10. The van der Waals surface area contributed by atoms with Crippen molar-refractivity contribution in [1.82, 2.24) is 10.3 Å². The van der Waals surface area contributed by atoms with Gasteiger partial charge >= 0.3 is 0 Å². The Kier molecular flexibility index (Phi) is 4.26. The average molecular weight is 255 g/mol. The van der Waals surface area contributed by atoms with Crippen LogP contribution in [0.3, 0.4) is 0 Å². The Morgan fingerprint density at radius 1 is 1.32 bits per heavy atom. The largest absolute Gasteiger partial charge is 0.321 e. The van der Waals surface area contributed by atoms with E-state index >= 15 is 0 Å². The minimum absolute atomic E-state index is 0.108. The van der Waals surface area contributed by atoms with Crippen LogP contribution in [0.25, 0.3) is 0 Å². The second kappa shape index (κ2) is 6.11. The van der Waals surface area contributed by atoms with Crippen molar-refractivity contribution in [3.63, 3.8) is 0 Å². The third-order valence-electron chi connectivity index (χ3n) is 2.85. The number of carbonyl (C=O) groups excluding carboxylic acids is 1. The lowest BCUT2D eigenvalue weighted by Gasteiger charge is -2.09. The number of aromatic nitrogens is 1. The van der Waals surface area contributed by atoms with E-state index < -0.39 is 0 Å². The minimum Gasteiger partial charge on any atom is -0.321 e. The van der Waals surface area contributed by atoms with E-state index in [0.29, 0.717) is 11.3 Å². The maximum atomic E-state index is 12.2. The number of carbonyl (C=O) groups is 1. The van der Waals surface area contributed by atoms with Crippen LogP contribution >= 0.6 is 0 Å². The van der Waals surface area contributed by atoms with Gasteiger partial charge in [-0.05, 0) is 43.3 Å². The van der Waals surface area contributed by atoms with Crippen LogP contribution in [0.2, 0.25) is 0 Å². The summed E-state index contributed by atoms with van der Waals surface area (Å²) in [6.07, 6.45) is 3.30. The summed E-state index contributed by atoms with van der Waals surface area (Å²) in [7, 11) is 1.88. The maximum absolute atomic E-state index is 12.2. The van der Waals surface area contributed by atoms with Crippen LogP contribution in [0, 0.1) is 6.92 Å². The van der Waals surface area contributed by atoms with E-state index in [0.717, 1.165) is 17.7 Å². The number of pyridine rings is 1. The number of aryl methyl sites for hydroxylation is 1. The predicted octanol–water partition coefficient (Wildman–Crippen LogP) is 2.36. The fourth-order valence-electron chi connectivity index (χ4n) is 1.86. The molecule has 0 unspecified atom stereocenters. The van der Waals surface area contributed by atoms with Crippen molar-refractivity contribution in [2.24, 2.45) is 0 Å². The average Bonchev–Trinajstić information content (AvgIpc) is 2.42. The molecule has 0 fully saturated rings. The summed E-state index contributed by atoms with van der Waals surface area (Å²) >= 11 is 0. The van der Waals surface area contributed by atoms with Gasteiger partial charge in [0.25, 0.3) is 5.91 Å².